The molecule has 4 nitrogen and oxygen atoms in total. The molecule has 1 heterocycles. The van der Waals surface area contributed by atoms with E-state index in [2.05, 4.69) is 5.16 Å². The third-order valence-corrected chi connectivity index (χ3v) is 3.53. The molecule has 0 saturated heterocycles. The first kappa shape index (κ1) is 13.4. The average molecular weight is 280 g/mol. The maximum absolute atomic E-state index is 12.4. The number of nitrogens with zero attached hydrogens (tertiary/aromatic N) is 2. The van der Waals surface area contributed by atoms with E-state index >= 15 is 0 Å². The second kappa shape index (κ2) is 5.40. The summed E-state index contributed by atoms with van der Waals surface area (Å²) in [6.07, 6.45) is 0.224. The number of amides is 1. The first-order valence-corrected chi connectivity index (χ1v) is 6.81. The summed E-state index contributed by atoms with van der Waals surface area (Å²) in [4.78, 5) is 14.1. The van der Waals surface area contributed by atoms with E-state index in [1.54, 1.807) is 11.9 Å². The molecule has 0 N–H and O–H groups in total. The van der Waals surface area contributed by atoms with Gasteiger partial charge in [-0.3, -0.25) is 4.79 Å². The van der Waals surface area contributed by atoms with Crippen LogP contribution in [0, 0.1) is 6.92 Å². The largest absolute Gasteiger partial charge is 0.356 e. The van der Waals surface area contributed by atoms with Gasteiger partial charge in [0, 0.05) is 18.1 Å². The van der Waals surface area contributed by atoms with Crippen molar-refractivity contribution in [1.82, 2.24) is 5.16 Å². The molecule has 0 saturated carbocycles. The minimum atomic E-state index is -0.0142. The predicted octanol–water partition coefficient (Wildman–Crippen LogP) is 3.34. The molecule has 0 fully saturated rings. The first-order valence-electron chi connectivity index (χ1n) is 6.81. The molecule has 4 heteroatoms. The van der Waals surface area contributed by atoms with Gasteiger partial charge in [-0.2, -0.15) is 0 Å². The van der Waals surface area contributed by atoms with Gasteiger partial charge in [0.05, 0.1) is 6.42 Å². The smallest absolute Gasteiger partial charge is 0.232 e. The maximum Gasteiger partial charge on any atom is 0.232 e. The molecular weight excluding hydrogens is 264 g/mol. The Morgan fingerprint density at radius 2 is 2.00 bits per heavy atom. The number of carbonyl (C=O) groups excluding carboxylic acids is 1. The fourth-order valence-corrected chi connectivity index (χ4v) is 2.31. The Labute approximate surface area is 123 Å². The van der Waals surface area contributed by atoms with E-state index in [1.165, 1.54) is 0 Å². The lowest BCUT2D eigenvalue weighted by molar-refractivity contribution is -0.117. The molecule has 1 amide bonds. The third kappa shape index (κ3) is 2.65. The van der Waals surface area contributed by atoms with E-state index in [1.807, 2.05) is 55.5 Å². The van der Waals surface area contributed by atoms with Gasteiger partial charge in [-0.1, -0.05) is 29.4 Å². The Morgan fingerprint density at radius 3 is 2.81 bits per heavy atom. The standard InChI is InChI=1S/C17H16N2O2/c1-12-6-5-7-13(10-12)19(2)17(20)11-15-14-8-3-4-9-16(14)21-18-15/h3-10H,11H2,1-2H3. The number of rotatable bonds is 3. The van der Waals surface area contributed by atoms with E-state index in [4.69, 9.17) is 4.52 Å². The number of likely N-dealkylation sites (N-methyl/N-ethyl adjacent to an activating group) is 1. The number of carbonyl (C=O) groups is 1. The molecule has 3 aromatic rings. The summed E-state index contributed by atoms with van der Waals surface area (Å²) in [6, 6.07) is 15.4. The van der Waals surface area contributed by atoms with Crippen LogP contribution in [0.25, 0.3) is 11.0 Å². The molecular formula is C17H16N2O2. The molecule has 0 atom stereocenters. The van der Waals surface area contributed by atoms with Crippen LogP contribution in [0.3, 0.4) is 0 Å². The highest BCUT2D eigenvalue weighted by molar-refractivity contribution is 5.96. The molecule has 21 heavy (non-hydrogen) atoms. The molecule has 0 spiro atoms. The molecule has 0 aliphatic carbocycles. The lowest BCUT2D eigenvalue weighted by atomic mass is 10.1. The summed E-state index contributed by atoms with van der Waals surface area (Å²) in [5.41, 5.74) is 3.39. The molecule has 0 aliphatic heterocycles. The zero-order valence-electron chi connectivity index (χ0n) is 12.0. The third-order valence-electron chi connectivity index (χ3n) is 3.53. The molecule has 1 aromatic heterocycles. The zero-order chi connectivity index (χ0) is 14.8. The Bertz CT molecular complexity index is 792. The SMILES string of the molecule is Cc1cccc(N(C)C(=O)Cc2noc3ccccc23)c1. The van der Waals surface area contributed by atoms with Crippen molar-refractivity contribution in [1.29, 1.82) is 0 Å². The molecule has 0 bridgehead atoms. The molecule has 2 aromatic carbocycles. The minimum Gasteiger partial charge on any atom is -0.356 e. The van der Waals surface area contributed by atoms with Gasteiger partial charge in [0.2, 0.25) is 5.91 Å². The van der Waals surface area contributed by atoms with E-state index in [9.17, 15) is 4.79 Å². The first-order chi connectivity index (χ1) is 10.1. The summed E-state index contributed by atoms with van der Waals surface area (Å²) in [6.45, 7) is 2.01. The number of hydrogen-bond donors (Lipinski definition) is 0. The molecule has 0 radical (unpaired) electrons. The fourth-order valence-electron chi connectivity index (χ4n) is 2.31. The van der Waals surface area contributed by atoms with Crippen molar-refractivity contribution < 1.29 is 9.32 Å². The van der Waals surface area contributed by atoms with E-state index in [0.717, 1.165) is 16.6 Å². The van der Waals surface area contributed by atoms with Crippen LogP contribution < -0.4 is 4.90 Å². The zero-order valence-corrected chi connectivity index (χ0v) is 12.0. The normalized spacial score (nSPS) is 10.8. The lowest BCUT2D eigenvalue weighted by Crippen LogP contribution is -2.28. The molecule has 0 aliphatic rings. The highest BCUT2D eigenvalue weighted by Crippen LogP contribution is 2.20. The number of aromatic nitrogens is 1. The maximum atomic E-state index is 12.4. The van der Waals surface area contributed by atoms with Crippen LogP contribution in [-0.4, -0.2) is 18.1 Å². The second-order valence-electron chi connectivity index (χ2n) is 5.09. The Kier molecular flexibility index (Phi) is 3.44. The number of hydrogen-bond acceptors (Lipinski definition) is 3. The summed E-state index contributed by atoms with van der Waals surface area (Å²) < 4.78 is 5.23. The van der Waals surface area contributed by atoms with Gasteiger partial charge in [0.1, 0.15) is 5.69 Å². The van der Waals surface area contributed by atoms with Crippen LogP contribution in [0.5, 0.6) is 0 Å². The predicted molar refractivity (Wildman–Crippen MR) is 82.3 cm³/mol. The number of benzene rings is 2. The van der Waals surface area contributed by atoms with Crippen LogP contribution in [0.4, 0.5) is 5.69 Å². The topological polar surface area (TPSA) is 46.3 Å². The number of anilines is 1. The van der Waals surface area contributed by atoms with Crippen molar-refractivity contribution in [3.8, 4) is 0 Å². The van der Waals surface area contributed by atoms with Crippen molar-refractivity contribution in [2.45, 2.75) is 13.3 Å². The van der Waals surface area contributed by atoms with Crippen molar-refractivity contribution in [3.05, 3.63) is 59.8 Å². The van der Waals surface area contributed by atoms with Crippen LogP contribution in [-0.2, 0) is 11.2 Å². The summed E-state index contributed by atoms with van der Waals surface area (Å²) in [7, 11) is 1.78. The number of para-hydroxylation sites is 1. The Balaban J connectivity index is 1.83. The highest BCUT2D eigenvalue weighted by Gasteiger charge is 2.16. The van der Waals surface area contributed by atoms with Gasteiger partial charge in [-0.05, 0) is 36.8 Å². The quantitative estimate of drug-likeness (QED) is 0.739. The summed E-state index contributed by atoms with van der Waals surface area (Å²) in [5, 5.41) is 4.90. The van der Waals surface area contributed by atoms with Crippen molar-refractivity contribution in [3.63, 3.8) is 0 Å². The summed E-state index contributed by atoms with van der Waals surface area (Å²) in [5.74, 6) is -0.0142. The van der Waals surface area contributed by atoms with Gasteiger partial charge in [-0.15, -0.1) is 0 Å². The molecule has 106 valence electrons. The average Bonchev–Trinajstić information content (AvgIpc) is 2.90. The van der Waals surface area contributed by atoms with E-state index in [0.29, 0.717) is 11.3 Å². The summed E-state index contributed by atoms with van der Waals surface area (Å²) >= 11 is 0. The van der Waals surface area contributed by atoms with Gasteiger partial charge in [0.15, 0.2) is 5.58 Å². The Morgan fingerprint density at radius 1 is 1.19 bits per heavy atom. The molecule has 0 unspecified atom stereocenters. The fraction of sp³-hybridized carbons (Fsp3) is 0.176. The van der Waals surface area contributed by atoms with Crippen LogP contribution in [0.2, 0.25) is 0 Å². The van der Waals surface area contributed by atoms with Crippen LogP contribution in [0.15, 0.2) is 53.1 Å². The lowest BCUT2D eigenvalue weighted by Gasteiger charge is -2.17. The van der Waals surface area contributed by atoms with Gasteiger partial charge in [0.25, 0.3) is 0 Å². The monoisotopic (exact) mass is 280 g/mol. The molecule has 3 rings (SSSR count). The van der Waals surface area contributed by atoms with Gasteiger partial charge in [-0.25, -0.2) is 0 Å². The van der Waals surface area contributed by atoms with Crippen molar-refractivity contribution in [2.75, 3.05) is 11.9 Å². The second-order valence-corrected chi connectivity index (χ2v) is 5.09. The van der Waals surface area contributed by atoms with E-state index in [-0.39, 0.29) is 12.3 Å². The Hall–Kier alpha value is -2.62. The van der Waals surface area contributed by atoms with Gasteiger partial charge >= 0.3 is 0 Å². The minimum absolute atomic E-state index is 0.0142. The van der Waals surface area contributed by atoms with E-state index < -0.39 is 0 Å². The van der Waals surface area contributed by atoms with Crippen LogP contribution in [0.1, 0.15) is 11.3 Å². The number of aryl methyl sites for hydroxylation is 1. The van der Waals surface area contributed by atoms with Crippen molar-refractivity contribution >= 4 is 22.6 Å². The number of fused-ring (bicyclic) bond motifs is 1. The van der Waals surface area contributed by atoms with Crippen molar-refractivity contribution in [2.24, 2.45) is 0 Å². The highest BCUT2D eigenvalue weighted by atomic mass is 16.5. The van der Waals surface area contributed by atoms with Gasteiger partial charge < -0.3 is 9.42 Å². The van der Waals surface area contributed by atoms with Crippen LogP contribution >= 0.6 is 0 Å².